The molecule has 1 aliphatic rings. The molecule has 2 heteroatoms. The topological polar surface area (TPSA) is 24.1 Å². The number of anilines is 1. The first-order valence-corrected chi connectivity index (χ1v) is 6.90. The van der Waals surface area contributed by atoms with Gasteiger partial charge in [-0.3, -0.25) is 0 Å². The molecule has 17 heavy (non-hydrogen) atoms. The van der Waals surface area contributed by atoms with Crippen molar-refractivity contribution >= 4 is 5.69 Å². The number of hydrogen-bond donors (Lipinski definition) is 2. The lowest BCUT2D eigenvalue weighted by Crippen LogP contribution is -2.18. The average Bonchev–Trinajstić information content (AvgIpc) is 2.88. The van der Waals surface area contributed by atoms with Crippen LogP contribution >= 0.6 is 0 Å². The Labute approximate surface area is 105 Å². The molecule has 1 unspecified atom stereocenters. The number of hydrogen-bond acceptors (Lipinski definition) is 2. The fourth-order valence-electron chi connectivity index (χ4n) is 2.60. The third-order valence-electron chi connectivity index (χ3n) is 3.73. The van der Waals surface area contributed by atoms with Crippen molar-refractivity contribution in [2.75, 3.05) is 25.0 Å². The van der Waals surface area contributed by atoms with Crippen LogP contribution in [0.15, 0.2) is 18.2 Å². The van der Waals surface area contributed by atoms with Gasteiger partial charge in [0.1, 0.15) is 0 Å². The van der Waals surface area contributed by atoms with E-state index in [0.717, 1.165) is 25.3 Å². The fourth-order valence-corrected chi connectivity index (χ4v) is 2.60. The summed E-state index contributed by atoms with van der Waals surface area (Å²) in [5, 5.41) is 7.11. The smallest absolute Gasteiger partial charge is 0.0405 e. The molecule has 1 aliphatic heterocycles. The minimum Gasteiger partial charge on any atom is -0.384 e. The zero-order valence-corrected chi connectivity index (χ0v) is 11.1. The van der Waals surface area contributed by atoms with Crippen molar-refractivity contribution in [3.8, 4) is 0 Å². The fraction of sp³-hybridized carbons (Fsp3) is 0.600. The van der Waals surface area contributed by atoms with Crippen LogP contribution < -0.4 is 10.6 Å². The van der Waals surface area contributed by atoms with Crippen molar-refractivity contribution < 1.29 is 0 Å². The normalized spacial score (nSPS) is 19.5. The highest BCUT2D eigenvalue weighted by Crippen LogP contribution is 2.23. The van der Waals surface area contributed by atoms with Gasteiger partial charge >= 0.3 is 0 Å². The quantitative estimate of drug-likeness (QED) is 0.815. The maximum absolute atomic E-state index is 3.69. The first-order chi connectivity index (χ1) is 8.35. The summed E-state index contributed by atoms with van der Waals surface area (Å²) in [6.07, 6.45) is 3.53. The van der Waals surface area contributed by atoms with Gasteiger partial charge in [0.15, 0.2) is 0 Å². The van der Waals surface area contributed by atoms with Crippen LogP contribution in [0.1, 0.15) is 31.4 Å². The Morgan fingerprint density at radius 3 is 2.47 bits per heavy atom. The van der Waals surface area contributed by atoms with Crippen molar-refractivity contribution in [1.82, 2.24) is 5.32 Å². The van der Waals surface area contributed by atoms with Crippen molar-refractivity contribution in [2.45, 2.75) is 33.1 Å². The van der Waals surface area contributed by atoms with Crippen molar-refractivity contribution in [2.24, 2.45) is 5.92 Å². The van der Waals surface area contributed by atoms with Gasteiger partial charge in [0, 0.05) is 12.2 Å². The van der Waals surface area contributed by atoms with Gasteiger partial charge in [-0.15, -0.1) is 0 Å². The lowest BCUT2D eigenvalue weighted by atomic mass is 10.0. The SMILES string of the molecule is CCc1cccc(CC)c1NCC1CCNC1. The molecule has 0 aliphatic carbocycles. The van der Waals surface area contributed by atoms with Crippen molar-refractivity contribution in [3.63, 3.8) is 0 Å². The lowest BCUT2D eigenvalue weighted by Gasteiger charge is -2.17. The number of para-hydroxylation sites is 1. The molecule has 2 nitrogen and oxygen atoms in total. The summed E-state index contributed by atoms with van der Waals surface area (Å²) in [7, 11) is 0. The summed E-state index contributed by atoms with van der Waals surface area (Å²) in [6, 6.07) is 6.67. The molecule has 0 saturated carbocycles. The Morgan fingerprint density at radius 1 is 1.24 bits per heavy atom. The second kappa shape index (κ2) is 6.06. The predicted molar refractivity (Wildman–Crippen MR) is 74.7 cm³/mol. The minimum absolute atomic E-state index is 0.796. The molecule has 0 bridgehead atoms. The van der Waals surface area contributed by atoms with Crippen LogP contribution in [0.25, 0.3) is 0 Å². The Morgan fingerprint density at radius 2 is 1.94 bits per heavy atom. The first kappa shape index (κ1) is 12.4. The third-order valence-corrected chi connectivity index (χ3v) is 3.73. The van der Waals surface area contributed by atoms with E-state index < -0.39 is 0 Å². The molecule has 0 amide bonds. The van der Waals surface area contributed by atoms with Gasteiger partial charge in [-0.05, 0) is 49.4 Å². The zero-order valence-electron chi connectivity index (χ0n) is 11.1. The second-order valence-corrected chi connectivity index (χ2v) is 4.90. The molecule has 0 radical (unpaired) electrons. The van der Waals surface area contributed by atoms with Gasteiger partial charge in [0.2, 0.25) is 0 Å². The maximum atomic E-state index is 3.69. The number of rotatable bonds is 5. The summed E-state index contributed by atoms with van der Waals surface area (Å²) < 4.78 is 0. The molecule has 2 rings (SSSR count). The van der Waals surface area contributed by atoms with E-state index in [1.807, 2.05) is 0 Å². The van der Waals surface area contributed by atoms with E-state index in [4.69, 9.17) is 0 Å². The molecule has 1 heterocycles. The molecule has 0 spiro atoms. The summed E-state index contributed by atoms with van der Waals surface area (Å²) >= 11 is 0. The highest BCUT2D eigenvalue weighted by atomic mass is 14.9. The number of benzene rings is 1. The molecule has 1 saturated heterocycles. The largest absolute Gasteiger partial charge is 0.384 e. The Bertz CT molecular complexity index is 332. The molecular weight excluding hydrogens is 208 g/mol. The monoisotopic (exact) mass is 232 g/mol. The molecule has 1 fully saturated rings. The van der Waals surface area contributed by atoms with Gasteiger partial charge in [0.25, 0.3) is 0 Å². The standard InChI is InChI=1S/C15H24N2/c1-3-13-6-5-7-14(4-2)15(13)17-11-12-8-9-16-10-12/h5-7,12,16-17H,3-4,8-11H2,1-2H3. The maximum Gasteiger partial charge on any atom is 0.0405 e. The molecule has 2 N–H and O–H groups in total. The van der Waals surface area contributed by atoms with E-state index in [1.165, 1.54) is 36.3 Å². The molecule has 1 aromatic carbocycles. The van der Waals surface area contributed by atoms with E-state index in [0.29, 0.717) is 0 Å². The van der Waals surface area contributed by atoms with Crippen LogP contribution in [0, 0.1) is 5.92 Å². The number of nitrogens with one attached hydrogen (secondary N) is 2. The summed E-state index contributed by atoms with van der Waals surface area (Å²) in [6.45, 7) is 7.93. The third kappa shape index (κ3) is 3.01. The van der Waals surface area contributed by atoms with Crippen LogP contribution in [0.5, 0.6) is 0 Å². The van der Waals surface area contributed by atoms with Crippen LogP contribution in [0.3, 0.4) is 0 Å². The summed E-state index contributed by atoms with van der Waals surface area (Å²) in [4.78, 5) is 0. The van der Waals surface area contributed by atoms with Gasteiger partial charge in [-0.25, -0.2) is 0 Å². The van der Waals surface area contributed by atoms with Crippen molar-refractivity contribution in [3.05, 3.63) is 29.3 Å². The molecule has 94 valence electrons. The van der Waals surface area contributed by atoms with E-state index in [-0.39, 0.29) is 0 Å². The number of aryl methyl sites for hydroxylation is 2. The van der Waals surface area contributed by atoms with E-state index in [2.05, 4.69) is 42.7 Å². The van der Waals surface area contributed by atoms with Crippen LogP contribution in [-0.4, -0.2) is 19.6 Å². The Kier molecular flexibility index (Phi) is 4.43. The molecule has 0 aromatic heterocycles. The van der Waals surface area contributed by atoms with Crippen molar-refractivity contribution in [1.29, 1.82) is 0 Å². The van der Waals surface area contributed by atoms with Gasteiger partial charge in [0.05, 0.1) is 0 Å². The van der Waals surface area contributed by atoms with Gasteiger partial charge < -0.3 is 10.6 Å². The molecule has 1 aromatic rings. The highest BCUT2D eigenvalue weighted by molar-refractivity contribution is 5.57. The first-order valence-electron chi connectivity index (χ1n) is 6.90. The highest BCUT2D eigenvalue weighted by Gasteiger charge is 2.15. The van der Waals surface area contributed by atoms with Crippen LogP contribution in [0.2, 0.25) is 0 Å². The van der Waals surface area contributed by atoms with E-state index >= 15 is 0 Å². The molecule has 1 atom stereocenters. The Balaban J connectivity index is 2.06. The second-order valence-electron chi connectivity index (χ2n) is 4.90. The molecular formula is C15H24N2. The van der Waals surface area contributed by atoms with E-state index in [9.17, 15) is 0 Å². The predicted octanol–water partition coefficient (Wildman–Crippen LogP) is 2.83. The van der Waals surface area contributed by atoms with Crippen LogP contribution in [0.4, 0.5) is 5.69 Å². The lowest BCUT2D eigenvalue weighted by molar-refractivity contribution is 0.614. The van der Waals surface area contributed by atoms with Crippen LogP contribution in [-0.2, 0) is 12.8 Å². The minimum atomic E-state index is 0.796. The van der Waals surface area contributed by atoms with Gasteiger partial charge in [-0.1, -0.05) is 32.0 Å². The zero-order chi connectivity index (χ0) is 12.1. The van der Waals surface area contributed by atoms with E-state index in [1.54, 1.807) is 0 Å². The van der Waals surface area contributed by atoms with Gasteiger partial charge in [-0.2, -0.15) is 0 Å². The summed E-state index contributed by atoms with van der Waals surface area (Å²) in [5.41, 5.74) is 4.30. The Hall–Kier alpha value is -1.02. The summed E-state index contributed by atoms with van der Waals surface area (Å²) in [5.74, 6) is 0.796. The average molecular weight is 232 g/mol.